The molecule has 0 bridgehead atoms. The van der Waals surface area contributed by atoms with E-state index >= 15 is 0 Å². The SMILES string of the molecule is CCCCCCCCC(Oc1ccc(C(=O)CCCCCCC)cc1)C(=O)C(=O)O. The Hall–Kier alpha value is -2.17. The fourth-order valence-corrected chi connectivity index (χ4v) is 3.41. The molecule has 0 saturated carbocycles. The molecule has 1 aromatic rings. The number of ether oxygens (including phenoxy) is 1. The van der Waals surface area contributed by atoms with Crippen LogP contribution < -0.4 is 4.74 Å². The molecule has 1 rings (SSSR count). The largest absolute Gasteiger partial charge is 0.482 e. The van der Waals surface area contributed by atoms with Gasteiger partial charge in [0.15, 0.2) is 11.9 Å². The van der Waals surface area contributed by atoms with Gasteiger partial charge in [-0.2, -0.15) is 0 Å². The van der Waals surface area contributed by atoms with Gasteiger partial charge < -0.3 is 9.84 Å². The smallest absolute Gasteiger partial charge is 0.376 e. The maximum Gasteiger partial charge on any atom is 0.376 e. The minimum absolute atomic E-state index is 0.100. The zero-order chi connectivity index (χ0) is 22.2. The third kappa shape index (κ3) is 10.6. The van der Waals surface area contributed by atoms with Crippen LogP contribution in [-0.4, -0.2) is 28.7 Å². The first-order valence-corrected chi connectivity index (χ1v) is 11.6. The van der Waals surface area contributed by atoms with Crippen LogP contribution in [-0.2, 0) is 9.59 Å². The van der Waals surface area contributed by atoms with Crippen LogP contribution in [0.2, 0.25) is 0 Å². The van der Waals surface area contributed by atoms with E-state index in [1.165, 1.54) is 25.7 Å². The van der Waals surface area contributed by atoms with Crippen molar-refractivity contribution < 1.29 is 24.2 Å². The van der Waals surface area contributed by atoms with E-state index in [1.807, 2.05) is 0 Å². The Morgan fingerprint density at radius 2 is 1.33 bits per heavy atom. The normalized spacial score (nSPS) is 11.8. The van der Waals surface area contributed by atoms with E-state index in [0.717, 1.165) is 44.9 Å². The lowest BCUT2D eigenvalue weighted by Crippen LogP contribution is -2.33. The molecule has 0 aliphatic heterocycles. The van der Waals surface area contributed by atoms with Crippen molar-refractivity contribution in [2.24, 2.45) is 0 Å². The first-order valence-electron chi connectivity index (χ1n) is 11.6. The number of rotatable bonds is 18. The fraction of sp³-hybridized carbons (Fsp3) is 0.640. The van der Waals surface area contributed by atoms with Crippen molar-refractivity contribution in [1.82, 2.24) is 0 Å². The highest BCUT2D eigenvalue weighted by atomic mass is 16.5. The van der Waals surface area contributed by atoms with Crippen LogP contribution in [0.5, 0.6) is 5.75 Å². The van der Waals surface area contributed by atoms with Gasteiger partial charge in [0.2, 0.25) is 0 Å². The van der Waals surface area contributed by atoms with E-state index in [2.05, 4.69) is 13.8 Å². The first kappa shape index (κ1) is 25.9. The zero-order valence-corrected chi connectivity index (χ0v) is 18.7. The summed E-state index contributed by atoms with van der Waals surface area (Å²) in [5, 5.41) is 9.08. The molecule has 168 valence electrons. The highest BCUT2D eigenvalue weighted by molar-refractivity contribution is 6.34. The van der Waals surface area contributed by atoms with Crippen molar-refractivity contribution in [3.05, 3.63) is 29.8 Å². The third-order valence-electron chi connectivity index (χ3n) is 5.29. The van der Waals surface area contributed by atoms with Gasteiger partial charge in [0.25, 0.3) is 5.78 Å². The molecule has 1 unspecified atom stereocenters. The molecular formula is C25H38O5. The van der Waals surface area contributed by atoms with Crippen LogP contribution in [0.15, 0.2) is 24.3 Å². The second-order valence-electron chi connectivity index (χ2n) is 7.94. The molecule has 0 spiro atoms. The molecule has 5 nitrogen and oxygen atoms in total. The molecule has 0 aliphatic rings. The molecule has 0 radical (unpaired) electrons. The number of carboxylic acids is 1. The summed E-state index contributed by atoms with van der Waals surface area (Å²) < 4.78 is 5.68. The molecule has 30 heavy (non-hydrogen) atoms. The van der Waals surface area contributed by atoms with Crippen LogP contribution in [0.4, 0.5) is 0 Å². The molecule has 0 saturated heterocycles. The van der Waals surface area contributed by atoms with Gasteiger partial charge in [0.05, 0.1) is 0 Å². The number of hydrogen-bond acceptors (Lipinski definition) is 4. The second-order valence-corrected chi connectivity index (χ2v) is 7.94. The number of carboxylic acid groups (broad SMARTS) is 1. The molecule has 1 aromatic carbocycles. The molecule has 0 aromatic heterocycles. The Kier molecular flexibility index (Phi) is 13.5. The number of ketones is 2. The van der Waals surface area contributed by atoms with E-state index in [0.29, 0.717) is 24.2 Å². The van der Waals surface area contributed by atoms with Crippen molar-refractivity contribution in [2.75, 3.05) is 0 Å². The summed E-state index contributed by atoms with van der Waals surface area (Å²) in [6.07, 6.45) is 11.7. The Labute approximate surface area is 181 Å². The van der Waals surface area contributed by atoms with Crippen LogP contribution in [0, 0.1) is 0 Å². The lowest BCUT2D eigenvalue weighted by molar-refractivity contribution is -0.152. The molecule has 0 aliphatic carbocycles. The van der Waals surface area contributed by atoms with Crippen molar-refractivity contribution in [2.45, 2.75) is 103 Å². The molecule has 1 atom stereocenters. The Balaban J connectivity index is 2.55. The van der Waals surface area contributed by atoms with Gasteiger partial charge in [-0.25, -0.2) is 4.79 Å². The minimum Gasteiger partial charge on any atom is -0.482 e. The predicted octanol–water partition coefficient (Wildman–Crippen LogP) is 6.38. The summed E-state index contributed by atoms with van der Waals surface area (Å²) in [5.41, 5.74) is 0.620. The fourth-order valence-electron chi connectivity index (χ4n) is 3.41. The third-order valence-corrected chi connectivity index (χ3v) is 5.29. The summed E-state index contributed by atoms with van der Waals surface area (Å²) >= 11 is 0. The quantitative estimate of drug-likeness (QED) is 0.170. The Morgan fingerprint density at radius 1 is 0.800 bits per heavy atom. The van der Waals surface area contributed by atoms with Gasteiger partial charge in [-0.3, -0.25) is 9.59 Å². The van der Waals surface area contributed by atoms with Gasteiger partial charge in [-0.1, -0.05) is 71.6 Å². The van der Waals surface area contributed by atoms with E-state index < -0.39 is 17.9 Å². The predicted molar refractivity (Wildman–Crippen MR) is 119 cm³/mol. The van der Waals surface area contributed by atoms with Crippen molar-refractivity contribution in [3.63, 3.8) is 0 Å². The molecule has 0 heterocycles. The van der Waals surface area contributed by atoms with Gasteiger partial charge in [-0.15, -0.1) is 0 Å². The van der Waals surface area contributed by atoms with Crippen molar-refractivity contribution in [3.8, 4) is 5.75 Å². The summed E-state index contributed by atoms with van der Waals surface area (Å²) in [7, 11) is 0. The highest BCUT2D eigenvalue weighted by Gasteiger charge is 2.26. The number of benzene rings is 1. The van der Waals surface area contributed by atoms with E-state index in [1.54, 1.807) is 24.3 Å². The van der Waals surface area contributed by atoms with Crippen LogP contribution >= 0.6 is 0 Å². The van der Waals surface area contributed by atoms with E-state index in [4.69, 9.17) is 9.84 Å². The second kappa shape index (κ2) is 15.6. The Morgan fingerprint density at radius 3 is 1.90 bits per heavy atom. The van der Waals surface area contributed by atoms with Gasteiger partial charge in [0, 0.05) is 12.0 Å². The number of carbonyl (C=O) groups is 3. The summed E-state index contributed by atoms with van der Waals surface area (Å²) in [4.78, 5) is 35.4. The molecule has 0 fully saturated rings. The summed E-state index contributed by atoms with van der Waals surface area (Å²) in [6.45, 7) is 4.32. The molecule has 0 amide bonds. The van der Waals surface area contributed by atoms with Crippen molar-refractivity contribution >= 4 is 17.5 Å². The van der Waals surface area contributed by atoms with Crippen LogP contribution in [0.1, 0.15) is 108 Å². The maximum atomic E-state index is 12.3. The van der Waals surface area contributed by atoms with Crippen LogP contribution in [0.25, 0.3) is 0 Å². The van der Waals surface area contributed by atoms with E-state index in [-0.39, 0.29) is 5.78 Å². The highest BCUT2D eigenvalue weighted by Crippen LogP contribution is 2.19. The van der Waals surface area contributed by atoms with E-state index in [9.17, 15) is 14.4 Å². The summed E-state index contributed by atoms with van der Waals surface area (Å²) in [5.74, 6) is -1.87. The maximum absolute atomic E-state index is 12.3. The molecular weight excluding hydrogens is 380 g/mol. The van der Waals surface area contributed by atoms with Crippen LogP contribution in [0.3, 0.4) is 0 Å². The Bertz CT molecular complexity index is 635. The van der Waals surface area contributed by atoms with Crippen molar-refractivity contribution in [1.29, 1.82) is 0 Å². The number of carbonyl (C=O) groups excluding carboxylic acids is 2. The lowest BCUT2D eigenvalue weighted by Gasteiger charge is -2.16. The topological polar surface area (TPSA) is 80.7 Å². The van der Waals surface area contributed by atoms with Gasteiger partial charge in [0.1, 0.15) is 5.75 Å². The zero-order valence-electron chi connectivity index (χ0n) is 18.7. The number of Topliss-reactive ketones (excluding diaryl/α,β-unsaturated/α-hetero) is 2. The monoisotopic (exact) mass is 418 g/mol. The number of hydrogen-bond donors (Lipinski definition) is 1. The average molecular weight is 419 g/mol. The molecule has 1 N–H and O–H groups in total. The minimum atomic E-state index is -1.47. The lowest BCUT2D eigenvalue weighted by atomic mass is 10.0. The first-order chi connectivity index (χ1) is 14.5. The summed E-state index contributed by atoms with van der Waals surface area (Å²) in [6, 6.07) is 6.68. The standard InChI is InChI=1S/C25H38O5/c1-3-5-7-9-11-13-15-23(24(27)25(28)29)30-21-18-16-20(17-19-21)22(26)14-12-10-8-6-4-2/h16-19,23H,3-15H2,1-2H3,(H,28,29). The van der Waals surface area contributed by atoms with Gasteiger partial charge in [-0.05, 0) is 43.5 Å². The average Bonchev–Trinajstić information content (AvgIpc) is 2.74. The number of aliphatic carboxylic acids is 1. The van der Waals surface area contributed by atoms with Gasteiger partial charge >= 0.3 is 5.97 Å². The molecule has 5 heteroatoms. The number of unbranched alkanes of at least 4 members (excludes halogenated alkanes) is 9.